The molecule has 0 aromatic heterocycles. The van der Waals surface area contributed by atoms with E-state index in [9.17, 15) is 9.59 Å². The Hall–Kier alpha value is -1.26. The second-order valence-corrected chi connectivity index (χ2v) is 3.41. The van der Waals surface area contributed by atoms with Crippen LogP contribution in [-0.2, 0) is 0 Å². The van der Waals surface area contributed by atoms with Crippen molar-refractivity contribution in [2.24, 2.45) is 0 Å². The second-order valence-electron chi connectivity index (χ2n) is 3.41. The zero-order valence-electron chi connectivity index (χ0n) is 8.40. The molecule has 1 heterocycles. The minimum Gasteiger partial charge on any atom is -0.465 e. The molecule has 1 saturated heterocycles. The SMILES string of the molecule is CCCN(C(=O)O)C(=O)N1CCCC1. The smallest absolute Gasteiger partial charge is 0.415 e. The maximum atomic E-state index is 11.6. The molecule has 0 aliphatic carbocycles. The number of amides is 3. The van der Waals surface area contributed by atoms with Crippen molar-refractivity contribution < 1.29 is 14.7 Å². The van der Waals surface area contributed by atoms with E-state index in [2.05, 4.69) is 0 Å². The summed E-state index contributed by atoms with van der Waals surface area (Å²) in [6, 6.07) is -0.364. The summed E-state index contributed by atoms with van der Waals surface area (Å²) in [4.78, 5) is 24.9. The van der Waals surface area contributed by atoms with Gasteiger partial charge in [0.05, 0.1) is 0 Å². The Balaban J connectivity index is 2.57. The van der Waals surface area contributed by atoms with E-state index < -0.39 is 6.09 Å². The normalized spacial score (nSPS) is 15.6. The Bertz CT molecular complexity index is 224. The molecule has 1 aliphatic heterocycles. The first kappa shape index (κ1) is 10.8. The molecule has 1 rings (SSSR count). The van der Waals surface area contributed by atoms with Crippen LogP contribution in [0, 0.1) is 0 Å². The van der Waals surface area contributed by atoms with Crippen molar-refractivity contribution in [3.8, 4) is 0 Å². The summed E-state index contributed by atoms with van der Waals surface area (Å²) in [6.07, 6.45) is 1.46. The van der Waals surface area contributed by atoms with Crippen LogP contribution in [0.5, 0.6) is 0 Å². The largest absolute Gasteiger partial charge is 0.465 e. The molecule has 0 aromatic rings. The number of carboxylic acid groups (broad SMARTS) is 1. The highest BCUT2D eigenvalue weighted by atomic mass is 16.4. The molecule has 0 atom stereocenters. The van der Waals surface area contributed by atoms with Gasteiger partial charge in [-0.1, -0.05) is 6.92 Å². The number of nitrogens with zero attached hydrogens (tertiary/aromatic N) is 2. The predicted octanol–water partition coefficient (Wildman–Crippen LogP) is 1.59. The van der Waals surface area contributed by atoms with Gasteiger partial charge in [-0.2, -0.15) is 0 Å². The molecule has 0 spiro atoms. The number of hydrogen-bond donors (Lipinski definition) is 1. The average molecular weight is 200 g/mol. The number of urea groups is 1. The molecule has 1 N–H and O–H groups in total. The summed E-state index contributed by atoms with van der Waals surface area (Å²) < 4.78 is 0. The Kier molecular flexibility index (Phi) is 3.73. The van der Waals surface area contributed by atoms with Crippen molar-refractivity contribution in [1.29, 1.82) is 0 Å². The third-order valence-electron chi connectivity index (χ3n) is 2.29. The van der Waals surface area contributed by atoms with E-state index in [0.717, 1.165) is 17.7 Å². The first-order valence-corrected chi connectivity index (χ1v) is 4.96. The summed E-state index contributed by atoms with van der Waals surface area (Å²) in [5, 5.41) is 8.81. The number of rotatable bonds is 2. The van der Waals surface area contributed by atoms with E-state index in [1.165, 1.54) is 0 Å². The Morgan fingerprint density at radius 2 is 1.93 bits per heavy atom. The van der Waals surface area contributed by atoms with Crippen molar-refractivity contribution in [2.75, 3.05) is 19.6 Å². The molecule has 5 heteroatoms. The highest BCUT2D eigenvalue weighted by molar-refractivity contribution is 5.90. The van der Waals surface area contributed by atoms with Gasteiger partial charge in [-0.15, -0.1) is 0 Å². The standard InChI is InChI=1S/C9H16N2O3/c1-2-5-11(9(13)14)8(12)10-6-3-4-7-10/h2-7H2,1H3,(H,13,14). The van der Waals surface area contributed by atoms with Crippen molar-refractivity contribution in [3.63, 3.8) is 0 Å². The third-order valence-corrected chi connectivity index (χ3v) is 2.29. The van der Waals surface area contributed by atoms with Crippen LogP contribution in [-0.4, -0.2) is 46.7 Å². The van der Waals surface area contributed by atoms with Gasteiger partial charge in [0.1, 0.15) is 0 Å². The van der Waals surface area contributed by atoms with E-state index in [4.69, 9.17) is 5.11 Å². The zero-order chi connectivity index (χ0) is 10.6. The highest BCUT2D eigenvalue weighted by Gasteiger charge is 2.26. The van der Waals surface area contributed by atoms with Crippen molar-refractivity contribution >= 4 is 12.1 Å². The van der Waals surface area contributed by atoms with Crippen LogP contribution in [0.3, 0.4) is 0 Å². The Morgan fingerprint density at radius 1 is 1.36 bits per heavy atom. The molecule has 0 unspecified atom stereocenters. The van der Waals surface area contributed by atoms with Crippen molar-refractivity contribution in [1.82, 2.24) is 9.80 Å². The molecular formula is C9H16N2O3. The van der Waals surface area contributed by atoms with E-state index >= 15 is 0 Å². The molecule has 0 aromatic carbocycles. The summed E-state index contributed by atoms with van der Waals surface area (Å²) in [5.41, 5.74) is 0. The minimum absolute atomic E-state index is 0.282. The van der Waals surface area contributed by atoms with Gasteiger partial charge in [-0.25, -0.2) is 14.5 Å². The van der Waals surface area contributed by atoms with Crippen LogP contribution in [0.4, 0.5) is 9.59 Å². The quantitative estimate of drug-likeness (QED) is 0.736. The molecule has 14 heavy (non-hydrogen) atoms. The fraction of sp³-hybridized carbons (Fsp3) is 0.778. The highest BCUT2D eigenvalue weighted by Crippen LogP contribution is 2.11. The van der Waals surface area contributed by atoms with Crippen molar-refractivity contribution in [2.45, 2.75) is 26.2 Å². The van der Waals surface area contributed by atoms with Crippen LogP contribution in [0.2, 0.25) is 0 Å². The lowest BCUT2D eigenvalue weighted by Crippen LogP contribution is -2.44. The van der Waals surface area contributed by atoms with Gasteiger partial charge in [0, 0.05) is 19.6 Å². The van der Waals surface area contributed by atoms with Crippen molar-refractivity contribution in [3.05, 3.63) is 0 Å². The Labute approximate surface area is 83.3 Å². The Morgan fingerprint density at radius 3 is 2.36 bits per heavy atom. The van der Waals surface area contributed by atoms with Crippen LogP contribution >= 0.6 is 0 Å². The summed E-state index contributed by atoms with van der Waals surface area (Å²) >= 11 is 0. The van der Waals surface area contributed by atoms with Gasteiger partial charge in [-0.05, 0) is 19.3 Å². The van der Waals surface area contributed by atoms with Gasteiger partial charge >= 0.3 is 12.1 Å². The number of imide groups is 1. The summed E-state index contributed by atoms with van der Waals surface area (Å²) in [6.45, 7) is 3.51. The molecule has 1 aliphatic rings. The summed E-state index contributed by atoms with van der Waals surface area (Å²) in [5.74, 6) is 0. The summed E-state index contributed by atoms with van der Waals surface area (Å²) in [7, 11) is 0. The molecule has 0 radical (unpaired) electrons. The van der Waals surface area contributed by atoms with Crippen LogP contribution < -0.4 is 0 Å². The van der Waals surface area contributed by atoms with E-state index in [1.54, 1.807) is 4.90 Å². The fourth-order valence-corrected chi connectivity index (χ4v) is 1.58. The lowest BCUT2D eigenvalue weighted by atomic mass is 10.4. The number of likely N-dealkylation sites (tertiary alicyclic amines) is 1. The van der Waals surface area contributed by atoms with E-state index in [0.29, 0.717) is 19.5 Å². The zero-order valence-corrected chi connectivity index (χ0v) is 8.40. The number of hydrogen-bond acceptors (Lipinski definition) is 2. The van der Waals surface area contributed by atoms with Crippen LogP contribution in [0.15, 0.2) is 0 Å². The van der Waals surface area contributed by atoms with Gasteiger partial charge in [0.2, 0.25) is 0 Å². The lowest BCUT2D eigenvalue weighted by Gasteiger charge is -2.23. The van der Waals surface area contributed by atoms with Gasteiger partial charge in [0.15, 0.2) is 0 Å². The molecule has 3 amide bonds. The lowest BCUT2D eigenvalue weighted by molar-refractivity contribution is 0.132. The average Bonchev–Trinajstić information content (AvgIpc) is 2.65. The number of carbonyl (C=O) groups is 2. The third kappa shape index (κ3) is 2.37. The van der Waals surface area contributed by atoms with Gasteiger partial charge < -0.3 is 10.0 Å². The molecule has 0 bridgehead atoms. The predicted molar refractivity (Wildman–Crippen MR) is 51.2 cm³/mol. The van der Waals surface area contributed by atoms with Gasteiger partial charge in [-0.3, -0.25) is 0 Å². The molecular weight excluding hydrogens is 184 g/mol. The maximum absolute atomic E-state index is 11.6. The monoisotopic (exact) mass is 200 g/mol. The van der Waals surface area contributed by atoms with Crippen LogP contribution in [0.25, 0.3) is 0 Å². The second kappa shape index (κ2) is 4.83. The maximum Gasteiger partial charge on any atom is 0.415 e. The fourth-order valence-electron chi connectivity index (χ4n) is 1.58. The molecule has 80 valence electrons. The van der Waals surface area contributed by atoms with Gasteiger partial charge in [0.25, 0.3) is 0 Å². The minimum atomic E-state index is -1.15. The molecule has 5 nitrogen and oxygen atoms in total. The molecule has 0 saturated carbocycles. The first-order chi connectivity index (χ1) is 6.66. The topological polar surface area (TPSA) is 60.9 Å². The first-order valence-electron chi connectivity index (χ1n) is 4.96. The number of carbonyl (C=O) groups excluding carboxylic acids is 1. The van der Waals surface area contributed by atoms with E-state index in [-0.39, 0.29) is 12.6 Å². The molecule has 1 fully saturated rings. The van der Waals surface area contributed by atoms with E-state index in [1.807, 2.05) is 6.92 Å². The van der Waals surface area contributed by atoms with Crippen LogP contribution in [0.1, 0.15) is 26.2 Å².